The van der Waals surface area contributed by atoms with Crippen molar-refractivity contribution in [3.63, 3.8) is 0 Å². The van der Waals surface area contributed by atoms with Gasteiger partial charge in [0.1, 0.15) is 17.7 Å². The molecule has 2 heterocycles. The van der Waals surface area contributed by atoms with E-state index < -0.39 is 47.9 Å². The number of hydrogen-bond donors (Lipinski definition) is 2. The molecular formula is C29H24F4N4O3. The second kappa shape index (κ2) is 10.6. The Balaban J connectivity index is 1.67. The number of nitrogens with one attached hydrogen (secondary N) is 1. The minimum absolute atomic E-state index is 0.168. The number of alkyl halides is 3. The van der Waals surface area contributed by atoms with Crippen LogP contribution in [0.25, 0.3) is 5.69 Å². The first-order valence-corrected chi connectivity index (χ1v) is 12.5. The number of likely N-dealkylation sites (N-methyl/N-ethyl adjacent to an activating group) is 1. The Morgan fingerprint density at radius 2 is 1.73 bits per heavy atom. The van der Waals surface area contributed by atoms with Gasteiger partial charge in [0.05, 0.1) is 23.6 Å². The number of fused-ring (bicyclic) bond motifs is 1. The zero-order valence-electron chi connectivity index (χ0n) is 21.2. The van der Waals surface area contributed by atoms with Crippen LogP contribution < -0.4 is 10.2 Å². The van der Waals surface area contributed by atoms with E-state index in [9.17, 15) is 32.3 Å². The van der Waals surface area contributed by atoms with Gasteiger partial charge in [-0.05, 0) is 55.0 Å². The maximum atomic E-state index is 14.0. The van der Waals surface area contributed by atoms with Crippen molar-refractivity contribution in [1.29, 1.82) is 0 Å². The fourth-order valence-corrected chi connectivity index (χ4v) is 5.03. The molecule has 4 aromatic rings. The van der Waals surface area contributed by atoms with Gasteiger partial charge in [-0.15, -0.1) is 0 Å². The molecule has 0 fully saturated rings. The fourth-order valence-electron chi connectivity index (χ4n) is 5.03. The Morgan fingerprint density at radius 1 is 1.02 bits per heavy atom. The highest BCUT2D eigenvalue weighted by molar-refractivity contribution is 6.05. The maximum absolute atomic E-state index is 14.0. The number of amides is 2. The molecule has 0 unspecified atom stereocenters. The molecule has 2 amide bonds. The predicted molar refractivity (Wildman–Crippen MR) is 138 cm³/mol. The van der Waals surface area contributed by atoms with E-state index in [4.69, 9.17) is 0 Å². The molecule has 11 heteroatoms. The van der Waals surface area contributed by atoms with Gasteiger partial charge in [-0.2, -0.15) is 18.3 Å². The average Bonchev–Trinajstić information content (AvgIpc) is 3.33. The van der Waals surface area contributed by atoms with Crippen molar-refractivity contribution >= 4 is 17.6 Å². The number of aromatic nitrogens is 2. The lowest BCUT2D eigenvalue weighted by atomic mass is 9.81. The first kappa shape index (κ1) is 27.1. The summed E-state index contributed by atoms with van der Waals surface area (Å²) in [6, 6.07) is 16.9. The smallest absolute Gasteiger partial charge is 0.390 e. The molecule has 40 heavy (non-hydrogen) atoms. The van der Waals surface area contributed by atoms with Crippen LogP contribution in [0.1, 0.15) is 45.6 Å². The SMILES string of the molecule is CCN1C(=O)[C@@H](NC(=O)c2cccc(C(F)(F)F)c2)[C@H](c2ccc(F)cc2)c2c(CO)nn(-c3ccccc3)c21. The summed E-state index contributed by atoms with van der Waals surface area (Å²) in [6.45, 7) is 1.40. The molecule has 1 aromatic heterocycles. The molecule has 7 nitrogen and oxygen atoms in total. The van der Waals surface area contributed by atoms with E-state index in [-0.39, 0.29) is 17.8 Å². The van der Waals surface area contributed by atoms with Crippen molar-refractivity contribution < 1.29 is 32.3 Å². The lowest BCUT2D eigenvalue weighted by Crippen LogP contribution is -2.55. The third-order valence-electron chi connectivity index (χ3n) is 6.84. The zero-order valence-corrected chi connectivity index (χ0v) is 21.2. The van der Waals surface area contributed by atoms with Crippen molar-refractivity contribution in [2.75, 3.05) is 11.4 Å². The largest absolute Gasteiger partial charge is 0.416 e. The Morgan fingerprint density at radius 3 is 2.35 bits per heavy atom. The number of carbonyl (C=O) groups is 2. The molecule has 0 saturated carbocycles. The van der Waals surface area contributed by atoms with E-state index in [1.54, 1.807) is 31.2 Å². The number of aliphatic hydroxyl groups is 1. The number of hydrogen-bond acceptors (Lipinski definition) is 4. The van der Waals surface area contributed by atoms with Crippen LogP contribution >= 0.6 is 0 Å². The van der Waals surface area contributed by atoms with Gasteiger partial charge in [0.25, 0.3) is 11.8 Å². The highest BCUT2D eigenvalue weighted by Gasteiger charge is 2.46. The standard InChI is InChI=1S/C29H24F4N4O3/c1-2-36-27-24(22(16-38)35-37(27)21-9-4-3-5-10-21)23(17-11-13-20(30)14-12-17)25(28(36)40)34-26(39)18-7-6-8-19(15-18)29(31,32)33/h3-15,23,25,38H,2,16H2,1H3,(H,34,39)/t23-,25+/m1/s1. The van der Waals surface area contributed by atoms with E-state index in [1.807, 2.05) is 6.07 Å². The molecule has 0 radical (unpaired) electrons. The lowest BCUT2D eigenvalue weighted by molar-refractivity contribution is -0.137. The van der Waals surface area contributed by atoms with Crippen LogP contribution in [0, 0.1) is 5.82 Å². The Kier molecular flexibility index (Phi) is 7.16. The monoisotopic (exact) mass is 552 g/mol. The summed E-state index contributed by atoms with van der Waals surface area (Å²) in [5.74, 6) is -2.50. The van der Waals surface area contributed by atoms with Crippen LogP contribution in [0.2, 0.25) is 0 Å². The Labute approximate surface area is 226 Å². The van der Waals surface area contributed by atoms with Gasteiger partial charge in [0.2, 0.25) is 0 Å². The molecule has 3 aromatic carbocycles. The molecule has 1 aliphatic rings. The molecule has 2 N–H and O–H groups in total. The zero-order chi connectivity index (χ0) is 28.6. The van der Waals surface area contributed by atoms with Crippen LogP contribution in [0.5, 0.6) is 0 Å². The van der Waals surface area contributed by atoms with Crippen molar-refractivity contribution in [3.05, 3.63) is 113 Å². The van der Waals surface area contributed by atoms with Crippen LogP contribution in [-0.2, 0) is 17.6 Å². The third-order valence-corrected chi connectivity index (χ3v) is 6.84. The van der Waals surface area contributed by atoms with Crippen LogP contribution in [-0.4, -0.2) is 39.3 Å². The predicted octanol–water partition coefficient (Wildman–Crippen LogP) is 4.82. The molecule has 0 saturated heterocycles. The summed E-state index contributed by atoms with van der Waals surface area (Å²) in [6.07, 6.45) is -4.66. The van der Waals surface area contributed by atoms with Gasteiger partial charge >= 0.3 is 6.18 Å². The average molecular weight is 553 g/mol. The number of rotatable bonds is 6. The van der Waals surface area contributed by atoms with E-state index in [2.05, 4.69) is 10.4 Å². The lowest BCUT2D eigenvalue weighted by Gasteiger charge is -2.38. The van der Waals surface area contributed by atoms with Gasteiger partial charge in [0, 0.05) is 23.6 Å². The van der Waals surface area contributed by atoms with Gasteiger partial charge in [-0.3, -0.25) is 14.5 Å². The van der Waals surface area contributed by atoms with E-state index in [1.165, 1.54) is 39.9 Å². The maximum Gasteiger partial charge on any atom is 0.416 e. The summed E-state index contributed by atoms with van der Waals surface area (Å²) >= 11 is 0. The molecule has 0 spiro atoms. The number of carbonyl (C=O) groups excluding carboxylic acids is 2. The minimum Gasteiger partial charge on any atom is -0.390 e. The van der Waals surface area contributed by atoms with Gasteiger partial charge in [0.15, 0.2) is 0 Å². The van der Waals surface area contributed by atoms with Gasteiger partial charge < -0.3 is 10.4 Å². The Bertz CT molecular complexity index is 1550. The molecule has 1 aliphatic heterocycles. The van der Waals surface area contributed by atoms with Crippen molar-refractivity contribution in [2.24, 2.45) is 0 Å². The van der Waals surface area contributed by atoms with Crippen molar-refractivity contribution in [3.8, 4) is 5.69 Å². The normalized spacial score (nSPS) is 17.1. The van der Waals surface area contributed by atoms with E-state index in [0.29, 0.717) is 28.7 Å². The second-order valence-electron chi connectivity index (χ2n) is 9.23. The quantitative estimate of drug-likeness (QED) is 0.336. The van der Waals surface area contributed by atoms with Crippen molar-refractivity contribution in [2.45, 2.75) is 31.7 Å². The topological polar surface area (TPSA) is 87.5 Å². The minimum atomic E-state index is -4.66. The summed E-state index contributed by atoms with van der Waals surface area (Å²) in [4.78, 5) is 28.7. The number of para-hydroxylation sites is 1. The summed E-state index contributed by atoms with van der Waals surface area (Å²) < 4.78 is 55.3. The number of halogens is 4. The molecule has 206 valence electrons. The van der Waals surface area contributed by atoms with Crippen LogP contribution in [0.15, 0.2) is 78.9 Å². The highest BCUT2D eigenvalue weighted by Crippen LogP contribution is 2.43. The Hall–Kier alpha value is -4.51. The molecule has 0 bridgehead atoms. The molecule has 2 atom stereocenters. The fraction of sp³-hybridized carbons (Fsp3) is 0.207. The van der Waals surface area contributed by atoms with Gasteiger partial charge in [-0.25, -0.2) is 9.07 Å². The van der Waals surface area contributed by atoms with Crippen LogP contribution in [0.3, 0.4) is 0 Å². The van der Waals surface area contributed by atoms with Crippen LogP contribution in [0.4, 0.5) is 23.4 Å². The number of benzene rings is 3. The number of nitrogens with zero attached hydrogens (tertiary/aromatic N) is 3. The highest BCUT2D eigenvalue weighted by atomic mass is 19.4. The molecule has 0 aliphatic carbocycles. The van der Waals surface area contributed by atoms with Crippen molar-refractivity contribution in [1.82, 2.24) is 15.1 Å². The number of aliphatic hydroxyl groups excluding tert-OH is 1. The summed E-state index contributed by atoms with van der Waals surface area (Å²) in [7, 11) is 0. The first-order chi connectivity index (χ1) is 19.1. The molecule has 5 rings (SSSR count). The third kappa shape index (κ3) is 4.84. The van der Waals surface area contributed by atoms with E-state index in [0.717, 1.165) is 12.1 Å². The van der Waals surface area contributed by atoms with E-state index >= 15 is 0 Å². The first-order valence-electron chi connectivity index (χ1n) is 12.5. The van der Waals surface area contributed by atoms with Gasteiger partial charge in [-0.1, -0.05) is 36.4 Å². The summed E-state index contributed by atoms with van der Waals surface area (Å²) in [5.41, 5.74) is 0.453. The second-order valence-corrected chi connectivity index (χ2v) is 9.23. The molecular weight excluding hydrogens is 528 g/mol. The number of anilines is 1. The summed E-state index contributed by atoms with van der Waals surface area (Å²) in [5, 5.41) is 17.5.